The molecule has 94 valence electrons. The van der Waals surface area contributed by atoms with Gasteiger partial charge in [-0.2, -0.15) is 0 Å². The smallest absolute Gasteiger partial charge is 0.168 e. The Kier molecular flexibility index (Phi) is 3.69. The summed E-state index contributed by atoms with van der Waals surface area (Å²) in [6.45, 7) is 8.06. The van der Waals surface area contributed by atoms with Crippen molar-refractivity contribution in [1.82, 2.24) is 0 Å². The molecule has 3 heteroatoms. The summed E-state index contributed by atoms with van der Waals surface area (Å²) in [6.07, 6.45) is 0.750. The molecule has 0 spiro atoms. The second kappa shape index (κ2) is 5.07. The summed E-state index contributed by atoms with van der Waals surface area (Å²) in [5.41, 5.74) is 2.37. The number of ether oxygens (including phenoxy) is 3. The molecule has 3 nitrogen and oxygen atoms in total. The van der Waals surface area contributed by atoms with E-state index in [1.165, 1.54) is 5.56 Å². The minimum Gasteiger partial charge on any atom is -0.493 e. The topological polar surface area (TPSA) is 27.7 Å². The monoisotopic (exact) mass is 236 g/mol. The van der Waals surface area contributed by atoms with Crippen molar-refractivity contribution in [3.63, 3.8) is 0 Å². The fraction of sp³-hybridized carbons (Fsp3) is 0.571. The van der Waals surface area contributed by atoms with Gasteiger partial charge in [-0.3, -0.25) is 0 Å². The molecule has 1 aliphatic heterocycles. The third kappa shape index (κ3) is 3.20. The Balaban J connectivity index is 1.87. The SMILES string of the molecule is Cc1ccc(C)c(OCCC2(C)OCCO2)c1. The molecule has 0 atom stereocenters. The number of rotatable bonds is 4. The van der Waals surface area contributed by atoms with Crippen molar-refractivity contribution >= 4 is 0 Å². The highest BCUT2D eigenvalue weighted by molar-refractivity contribution is 5.35. The van der Waals surface area contributed by atoms with Gasteiger partial charge in [0.1, 0.15) is 5.75 Å². The van der Waals surface area contributed by atoms with Crippen LogP contribution in [0.4, 0.5) is 0 Å². The Labute approximate surface area is 103 Å². The van der Waals surface area contributed by atoms with Gasteiger partial charge >= 0.3 is 0 Å². The molecule has 0 N–H and O–H groups in total. The molecule has 1 aromatic carbocycles. The van der Waals surface area contributed by atoms with Crippen LogP contribution in [0.25, 0.3) is 0 Å². The Morgan fingerprint density at radius 2 is 1.94 bits per heavy atom. The first-order valence-electron chi connectivity index (χ1n) is 6.07. The normalized spacial score (nSPS) is 18.3. The molecule has 0 aliphatic carbocycles. The summed E-state index contributed by atoms with van der Waals surface area (Å²) in [6, 6.07) is 6.23. The lowest BCUT2D eigenvalue weighted by molar-refractivity contribution is -0.150. The average Bonchev–Trinajstić information content (AvgIpc) is 2.71. The van der Waals surface area contributed by atoms with Gasteiger partial charge in [0.05, 0.1) is 19.8 Å². The molecule has 1 aromatic rings. The van der Waals surface area contributed by atoms with Crippen LogP contribution in [0.3, 0.4) is 0 Å². The first kappa shape index (κ1) is 12.4. The van der Waals surface area contributed by atoms with Gasteiger partial charge in [0.25, 0.3) is 0 Å². The van der Waals surface area contributed by atoms with Crippen molar-refractivity contribution < 1.29 is 14.2 Å². The molecule has 2 rings (SSSR count). The standard InChI is InChI=1S/C14H20O3/c1-11-4-5-12(2)13(10-11)15-7-6-14(3)16-8-9-17-14/h4-5,10H,6-9H2,1-3H3. The molecular weight excluding hydrogens is 216 g/mol. The third-order valence-electron chi connectivity index (χ3n) is 3.06. The van der Waals surface area contributed by atoms with E-state index in [1.807, 2.05) is 6.92 Å². The van der Waals surface area contributed by atoms with Crippen LogP contribution in [0.2, 0.25) is 0 Å². The van der Waals surface area contributed by atoms with E-state index >= 15 is 0 Å². The van der Waals surface area contributed by atoms with Crippen molar-refractivity contribution in [2.45, 2.75) is 33.0 Å². The highest BCUT2D eigenvalue weighted by Crippen LogP contribution is 2.24. The van der Waals surface area contributed by atoms with Crippen LogP contribution in [-0.4, -0.2) is 25.6 Å². The summed E-state index contributed by atoms with van der Waals surface area (Å²) in [5.74, 6) is 0.490. The molecule has 0 amide bonds. The lowest BCUT2D eigenvalue weighted by Gasteiger charge is -2.22. The zero-order valence-electron chi connectivity index (χ0n) is 10.8. The van der Waals surface area contributed by atoms with Crippen LogP contribution in [0.15, 0.2) is 18.2 Å². The van der Waals surface area contributed by atoms with Crippen molar-refractivity contribution in [1.29, 1.82) is 0 Å². The zero-order valence-corrected chi connectivity index (χ0v) is 10.8. The second-order valence-electron chi connectivity index (χ2n) is 4.70. The summed E-state index contributed by atoms with van der Waals surface area (Å²) >= 11 is 0. The number of benzene rings is 1. The summed E-state index contributed by atoms with van der Waals surface area (Å²) in [5, 5.41) is 0. The highest BCUT2D eigenvalue weighted by Gasteiger charge is 2.30. The molecule has 17 heavy (non-hydrogen) atoms. The Morgan fingerprint density at radius 1 is 1.24 bits per heavy atom. The minimum atomic E-state index is -0.461. The van der Waals surface area contributed by atoms with E-state index in [4.69, 9.17) is 14.2 Å². The van der Waals surface area contributed by atoms with Crippen LogP contribution in [0.1, 0.15) is 24.5 Å². The maximum atomic E-state index is 5.78. The van der Waals surface area contributed by atoms with Crippen LogP contribution < -0.4 is 4.74 Å². The van der Waals surface area contributed by atoms with Gasteiger partial charge in [0, 0.05) is 6.42 Å². The fourth-order valence-electron chi connectivity index (χ4n) is 1.91. The van der Waals surface area contributed by atoms with Gasteiger partial charge in [-0.1, -0.05) is 12.1 Å². The molecule has 1 saturated heterocycles. The van der Waals surface area contributed by atoms with Gasteiger partial charge in [0.15, 0.2) is 5.79 Å². The van der Waals surface area contributed by atoms with E-state index in [2.05, 4.69) is 32.0 Å². The van der Waals surface area contributed by atoms with Gasteiger partial charge < -0.3 is 14.2 Å². The molecule has 0 saturated carbocycles. The predicted octanol–water partition coefficient (Wildman–Crippen LogP) is 2.84. The van der Waals surface area contributed by atoms with Crippen LogP contribution in [-0.2, 0) is 9.47 Å². The Bertz CT molecular complexity index is 381. The van der Waals surface area contributed by atoms with Crippen LogP contribution >= 0.6 is 0 Å². The molecule has 0 radical (unpaired) electrons. The number of aryl methyl sites for hydroxylation is 2. The first-order chi connectivity index (χ1) is 8.09. The van der Waals surface area contributed by atoms with Crippen LogP contribution in [0, 0.1) is 13.8 Å². The fourth-order valence-corrected chi connectivity index (χ4v) is 1.91. The van der Waals surface area contributed by atoms with E-state index in [0.29, 0.717) is 19.8 Å². The van der Waals surface area contributed by atoms with Gasteiger partial charge in [-0.05, 0) is 38.0 Å². The minimum absolute atomic E-state index is 0.461. The summed E-state index contributed by atoms with van der Waals surface area (Å²) < 4.78 is 16.8. The highest BCUT2D eigenvalue weighted by atomic mass is 16.7. The number of hydrogen-bond donors (Lipinski definition) is 0. The Hall–Kier alpha value is -1.06. The quantitative estimate of drug-likeness (QED) is 0.804. The maximum Gasteiger partial charge on any atom is 0.168 e. The van der Waals surface area contributed by atoms with E-state index in [9.17, 15) is 0 Å². The van der Waals surface area contributed by atoms with E-state index in [0.717, 1.165) is 17.7 Å². The van der Waals surface area contributed by atoms with Gasteiger partial charge in [-0.25, -0.2) is 0 Å². The molecule has 0 unspecified atom stereocenters. The molecule has 0 aromatic heterocycles. The van der Waals surface area contributed by atoms with Crippen molar-refractivity contribution in [3.8, 4) is 5.75 Å². The van der Waals surface area contributed by atoms with Gasteiger partial charge in [0.2, 0.25) is 0 Å². The molecular formula is C14H20O3. The predicted molar refractivity (Wildman–Crippen MR) is 66.3 cm³/mol. The summed E-state index contributed by atoms with van der Waals surface area (Å²) in [7, 11) is 0. The molecule has 0 bridgehead atoms. The first-order valence-corrected chi connectivity index (χ1v) is 6.07. The van der Waals surface area contributed by atoms with E-state index in [-0.39, 0.29) is 0 Å². The third-order valence-corrected chi connectivity index (χ3v) is 3.06. The number of hydrogen-bond acceptors (Lipinski definition) is 3. The average molecular weight is 236 g/mol. The summed E-state index contributed by atoms with van der Waals surface area (Å²) in [4.78, 5) is 0. The van der Waals surface area contributed by atoms with Crippen molar-refractivity contribution in [2.24, 2.45) is 0 Å². The van der Waals surface area contributed by atoms with E-state index < -0.39 is 5.79 Å². The zero-order chi connectivity index (χ0) is 12.3. The van der Waals surface area contributed by atoms with Crippen LogP contribution in [0.5, 0.6) is 5.75 Å². The largest absolute Gasteiger partial charge is 0.493 e. The molecule has 1 aliphatic rings. The van der Waals surface area contributed by atoms with E-state index in [1.54, 1.807) is 0 Å². The van der Waals surface area contributed by atoms with Crippen molar-refractivity contribution in [3.05, 3.63) is 29.3 Å². The maximum absolute atomic E-state index is 5.78. The molecule has 1 fully saturated rings. The lowest BCUT2D eigenvalue weighted by atomic mass is 10.1. The Morgan fingerprint density at radius 3 is 2.65 bits per heavy atom. The molecule has 1 heterocycles. The van der Waals surface area contributed by atoms with Gasteiger partial charge in [-0.15, -0.1) is 0 Å². The van der Waals surface area contributed by atoms with Crippen molar-refractivity contribution in [2.75, 3.05) is 19.8 Å². The second-order valence-corrected chi connectivity index (χ2v) is 4.70. The lowest BCUT2D eigenvalue weighted by Crippen LogP contribution is -2.28.